The molecule has 0 spiro atoms. The lowest BCUT2D eigenvalue weighted by Gasteiger charge is -2.07. The van der Waals surface area contributed by atoms with Crippen molar-refractivity contribution in [1.82, 2.24) is 19.1 Å². The first-order valence-electron chi connectivity index (χ1n) is 8.72. The normalized spacial score (nSPS) is 11.2. The molecule has 24 heavy (non-hydrogen) atoms. The van der Waals surface area contributed by atoms with Crippen molar-refractivity contribution in [2.45, 2.75) is 71.9 Å². The van der Waals surface area contributed by atoms with Crippen LogP contribution in [0.15, 0.2) is 15.9 Å². The zero-order chi connectivity index (χ0) is 17.5. The van der Waals surface area contributed by atoms with Crippen LogP contribution in [0, 0.1) is 0 Å². The van der Waals surface area contributed by atoms with Gasteiger partial charge in [0.25, 0.3) is 5.56 Å². The molecule has 0 radical (unpaired) electrons. The highest BCUT2D eigenvalue weighted by atomic mass is 16.2. The van der Waals surface area contributed by atoms with Gasteiger partial charge in [0.2, 0.25) is 0 Å². The van der Waals surface area contributed by atoms with Crippen LogP contribution in [0.3, 0.4) is 0 Å². The van der Waals surface area contributed by atoms with Crippen LogP contribution in [-0.2, 0) is 17.9 Å². The Bertz CT molecular complexity index is 800. The Morgan fingerprint density at radius 3 is 2.58 bits per heavy atom. The summed E-state index contributed by atoms with van der Waals surface area (Å²) in [4.78, 5) is 41.7. The molecule has 2 aromatic rings. The second-order valence-electron chi connectivity index (χ2n) is 6.24. The quantitative estimate of drug-likeness (QED) is 0.675. The Balaban J connectivity index is 2.08. The van der Waals surface area contributed by atoms with Gasteiger partial charge in [-0.1, -0.05) is 26.2 Å². The second kappa shape index (κ2) is 8.61. The van der Waals surface area contributed by atoms with Gasteiger partial charge in [-0.25, -0.2) is 9.78 Å². The third-order valence-electron chi connectivity index (χ3n) is 4.17. The van der Waals surface area contributed by atoms with Gasteiger partial charge in [-0.15, -0.1) is 0 Å². The predicted octanol–water partition coefficient (Wildman–Crippen LogP) is 2.23. The first-order chi connectivity index (χ1) is 11.5. The van der Waals surface area contributed by atoms with Gasteiger partial charge in [-0.3, -0.25) is 14.3 Å². The van der Waals surface area contributed by atoms with E-state index in [1.54, 1.807) is 17.8 Å². The topological polar surface area (TPSA) is 89.8 Å². The highest BCUT2D eigenvalue weighted by Gasteiger charge is 2.13. The number of Topliss-reactive ketones (excluding diaryl/α,β-unsaturated/α-hetero) is 1. The van der Waals surface area contributed by atoms with Crippen LogP contribution < -0.4 is 11.2 Å². The highest BCUT2D eigenvalue weighted by Crippen LogP contribution is 2.10. The standard InChI is InChI=1S/C17H26N4O3/c1-3-4-11-21-15-14(16(23)19-17(21)24)20(12-18-15)10-8-6-5-7-9-13(2)22/h12H,3-11H2,1-2H3,(H,19,23,24). The van der Waals surface area contributed by atoms with E-state index in [2.05, 4.69) is 16.9 Å². The number of hydrogen-bond acceptors (Lipinski definition) is 4. The molecule has 0 fully saturated rings. The third-order valence-corrected chi connectivity index (χ3v) is 4.17. The molecule has 0 saturated carbocycles. The number of H-pyrrole nitrogens is 1. The molecule has 0 unspecified atom stereocenters. The minimum atomic E-state index is -0.393. The molecule has 1 N–H and O–H groups in total. The van der Waals surface area contributed by atoms with Crippen molar-refractivity contribution in [3.8, 4) is 0 Å². The van der Waals surface area contributed by atoms with E-state index in [0.29, 0.717) is 30.7 Å². The average molecular weight is 334 g/mol. The number of ketones is 1. The predicted molar refractivity (Wildman–Crippen MR) is 93.3 cm³/mol. The fraction of sp³-hybridized carbons (Fsp3) is 0.647. The summed E-state index contributed by atoms with van der Waals surface area (Å²) >= 11 is 0. The minimum absolute atomic E-state index is 0.229. The van der Waals surface area contributed by atoms with Crippen LogP contribution in [-0.4, -0.2) is 24.9 Å². The summed E-state index contributed by atoms with van der Waals surface area (Å²) < 4.78 is 3.37. The lowest BCUT2D eigenvalue weighted by Crippen LogP contribution is -2.31. The molecule has 0 amide bonds. The highest BCUT2D eigenvalue weighted by molar-refractivity contribution is 5.75. The van der Waals surface area contributed by atoms with Crippen molar-refractivity contribution < 1.29 is 4.79 Å². The molecule has 7 nitrogen and oxygen atoms in total. The number of imidazole rings is 1. The van der Waals surface area contributed by atoms with E-state index in [4.69, 9.17) is 0 Å². The Labute approximate surface area is 140 Å². The van der Waals surface area contributed by atoms with Crippen molar-refractivity contribution in [2.24, 2.45) is 0 Å². The molecule has 2 aromatic heterocycles. The van der Waals surface area contributed by atoms with E-state index < -0.39 is 5.69 Å². The molecule has 7 heteroatoms. The largest absolute Gasteiger partial charge is 0.330 e. The molecule has 2 heterocycles. The molecule has 0 bridgehead atoms. The molecular formula is C17H26N4O3. The van der Waals surface area contributed by atoms with E-state index in [1.807, 2.05) is 4.57 Å². The van der Waals surface area contributed by atoms with Gasteiger partial charge in [-0.05, 0) is 26.2 Å². The Morgan fingerprint density at radius 1 is 1.12 bits per heavy atom. The number of aryl methyl sites for hydroxylation is 2. The van der Waals surface area contributed by atoms with Crippen molar-refractivity contribution in [1.29, 1.82) is 0 Å². The van der Waals surface area contributed by atoms with Crippen LogP contribution in [0.2, 0.25) is 0 Å². The first kappa shape index (κ1) is 18.2. The van der Waals surface area contributed by atoms with Crippen LogP contribution in [0.1, 0.15) is 58.8 Å². The van der Waals surface area contributed by atoms with Gasteiger partial charge in [0.05, 0.1) is 6.33 Å². The van der Waals surface area contributed by atoms with Gasteiger partial charge >= 0.3 is 5.69 Å². The molecule has 0 saturated heterocycles. The van der Waals surface area contributed by atoms with Gasteiger partial charge in [0, 0.05) is 19.5 Å². The summed E-state index contributed by atoms with van der Waals surface area (Å²) in [6.07, 6.45) is 7.94. The minimum Gasteiger partial charge on any atom is -0.325 e. The number of rotatable bonds is 10. The summed E-state index contributed by atoms with van der Waals surface area (Å²) in [5.41, 5.74) is 0.162. The number of nitrogens with one attached hydrogen (secondary N) is 1. The van der Waals surface area contributed by atoms with Gasteiger partial charge in [0.15, 0.2) is 11.2 Å². The molecule has 0 aliphatic heterocycles. The number of carbonyl (C=O) groups excluding carboxylic acids is 1. The second-order valence-corrected chi connectivity index (χ2v) is 6.24. The first-order valence-corrected chi connectivity index (χ1v) is 8.72. The summed E-state index contributed by atoms with van der Waals surface area (Å²) in [6, 6.07) is 0. The van der Waals surface area contributed by atoms with Gasteiger partial charge in [0.1, 0.15) is 5.78 Å². The fourth-order valence-corrected chi connectivity index (χ4v) is 2.82. The molecule has 0 atom stereocenters. The summed E-state index contributed by atoms with van der Waals surface area (Å²) in [7, 11) is 0. The summed E-state index contributed by atoms with van der Waals surface area (Å²) in [6.45, 7) is 4.91. The van der Waals surface area contributed by atoms with Crippen LogP contribution in [0.5, 0.6) is 0 Å². The Kier molecular flexibility index (Phi) is 6.52. The van der Waals surface area contributed by atoms with Crippen LogP contribution >= 0.6 is 0 Å². The average Bonchev–Trinajstić information content (AvgIpc) is 2.94. The molecule has 0 aliphatic carbocycles. The molecule has 0 aromatic carbocycles. The number of nitrogens with zero attached hydrogens (tertiary/aromatic N) is 3. The molecule has 132 valence electrons. The van der Waals surface area contributed by atoms with Crippen molar-refractivity contribution in [3.05, 3.63) is 27.2 Å². The van der Waals surface area contributed by atoms with E-state index in [1.165, 1.54) is 0 Å². The maximum atomic E-state index is 12.2. The molecule has 2 rings (SSSR count). The van der Waals surface area contributed by atoms with Gasteiger partial charge < -0.3 is 9.36 Å². The van der Waals surface area contributed by atoms with E-state index in [9.17, 15) is 14.4 Å². The van der Waals surface area contributed by atoms with Gasteiger partial charge in [-0.2, -0.15) is 0 Å². The number of aromatic nitrogens is 4. The Morgan fingerprint density at radius 2 is 1.88 bits per heavy atom. The molecular weight excluding hydrogens is 308 g/mol. The van der Waals surface area contributed by atoms with Crippen molar-refractivity contribution >= 4 is 16.9 Å². The zero-order valence-electron chi connectivity index (χ0n) is 14.5. The number of aromatic amines is 1. The number of hydrogen-bond donors (Lipinski definition) is 1. The van der Waals surface area contributed by atoms with E-state index >= 15 is 0 Å². The summed E-state index contributed by atoms with van der Waals surface area (Å²) in [5, 5.41) is 0. The number of fused-ring (bicyclic) bond motifs is 1. The maximum absolute atomic E-state index is 12.2. The molecule has 0 aliphatic rings. The zero-order valence-corrected chi connectivity index (χ0v) is 14.5. The summed E-state index contributed by atoms with van der Waals surface area (Å²) in [5.74, 6) is 0.229. The lowest BCUT2D eigenvalue weighted by atomic mass is 10.1. The van der Waals surface area contributed by atoms with E-state index in [-0.39, 0.29) is 11.3 Å². The third kappa shape index (κ3) is 4.43. The van der Waals surface area contributed by atoms with E-state index in [0.717, 1.165) is 38.5 Å². The lowest BCUT2D eigenvalue weighted by molar-refractivity contribution is -0.117. The van der Waals surface area contributed by atoms with Crippen molar-refractivity contribution in [2.75, 3.05) is 0 Å². The smallest absolute Gasteiger partial charge is 0.325 e. The Hall–Kier alpha value is -2.18. The number of unbranched alkanes of at least 4 members (excludes halogenated alkanes) is 4. The fourth-order valence-electron chi connectivity index (χ4n) is 2.82. The number of carbonyl (C=O) groups is 1. The monoisotopic (exact) mass is 334 g/mol. The SMILES string of the molecule is CCCCn1c(=O)[nH]c(=O)c2c1ncn2CCCCCCC(C)=O. The van der Waals surface area contributed by atoms with Crippen LogP contribution in [0.4, 0.5) is 0 Å². The maximum Gasteiger partial charge on any atom is 0.330 e. The van der Waals surface area contributed by atoms with Crippen LogP contribution in [0.25, 0.3) is 11.2 Å². The van der Waals surface area contributed by atoms with Crippen molar-refractivity contribution in [3.63, 3.8) is 0 Å².